The fourth-order valence-electron chi connectivity index (χ4n) is 7.06. The number of piperidine rings is 1. The molecule has 3 aliphatic rings. The Kier molecular flexibility index (Phi) is 9.08. The van der Waals surface area contributed by atoms with E-state index < -0.39 is 29.5 Å². The zero-order valence-electron chi connectivity index (χ0n) is 24.7. The molecule has 0 aromatic heterocycles. The zero-order chi connectivity index (χ0) is 31.1. The summed E-state index contributed by atoms with van der Waals surface area (Å²) in [7, 11) is 1.42. The molecule has 43 heavy (non-hydrogen) atoms. The van der Waals surface area contributed by atoms with E-state index in [0.29, 0.717) is 43.1 Å². The topological polar surface area (TPSA) is 38.8 Å². The normalized spacial score (nSPS) is 22.3. The van der Waals surface area contributed by atoms with Crippen LogP contribution in [0.3, 0.4) is 0 Å². The van der Waals surface area contributed by atoms with Crippen molar-refractivity contribution in [3.8, 4) is 5.75 Å². The minimum absolute atomic E-state index is 0.00873. The van der Waals surface area contributed by atoms with Crippen LogP contribution >= 0.6 is 0 Å². The van der Waals surface area contributed by atoms with E-state index in [1.54, 1.807) is 6.92 Å². The molecular weight excluding hydrogens is 572 g/mol. The summed E-state index contributed by atoms with van der Waals surface area (Å²) < 4.78 is 92.6. The quantitative estimate of drug-likeness (QED) is 0.221. The predicted molar refractivity (Wildman–Crippen MR) is 150 cm³/mol. The van der Waals surface area contributed by atoms with Crippen LogP contribution in [-0.2, 0) is 28.3 Å². The number of carbonyl (C=O) groups is 1. The summed E-state index contributed by atoms with van der Waals surface area (Å²) in [5, 5.41) is 0. The highest BCUT2D eigenvalue weighted by Gasteiger charge is 2.41. The van der Waals surface area contributed by atoms with Gasteiger partial charge in [0.25, 0.3) is 0 Å². The van der Waals surface area contributed by atoms with Crippen molar-refractivity contribution in [3.05, 3.63) is 64.2 Å². The number of ether oxygens (including phenoxy) is 2. The van der Waals surface area contributed by atoms with Gasteiger partial charge in [-0.1, -0.05) is 19.1 Å². The standard InChI is InChI=1S/C33H39F6NO3/c1-19(31(41)42-3)30(23-5-6-23)24-7-4-22-8-10-26(43-29(22)17-24)16-21-12-14-40(15-13-21)20(2)27-18-25(32(34,35)36)9-11-28(27)33(37,38)39/h4,7,9,11,17-21,23,26,30H,5-6,8,10,12-16H2,1-3H3/t19?,20-,26?,30?/m1/s1. The van der Waals surface area contributed by atoms with E-state index in [-0.39, 0.29) is 29.5 Å². The molecule has 2 aromatic carbocycles. The first kappa shape index (κ1) is 31.7. The second kappa shape index (κ2) is 12.3. The zero-order valence-corrected chi connectivity index (χ0v) is 24.7. The Balaban J connectivity index is 1.22. The molecule has 0 spiro atoms. The molecule has 4 atom stereocenters. The molecule has 2 aromatic rings. The van der Waals surface area contributed by atoms with E-state index in [1.807, 2.05) is 11.8 Å². The molecule has 5 rings (SSSR count). The van der Waals surface area contributed by atoms with Gasteiger partial charge in [-0.3, -0.25) is 9.69 Å². The van der Waals surface area contributed by atoms with Crippen molar-refractivity contribution in [1.29, 1.82) is 0 Å². The van der Waals surface area contributed by atoms with E-state index in [1.165, 1.54) is 7.11 Å². The van der Waals surface area contributed by atoms with Crippen LogP contribution in [-0.4, -0.2) is 37.2 Å². The van der Waals surface area contributed by atoms with Crippen LogP contribution in [0.5, 0.6) is 5.75 Å². The van der Waals surface area contributed by atoms with Gasteiger partial charge >= 0.3 is 18.3 Å². The van der Waals surface area contributed by atoms with Crippen molar-refractivity contribution >= 4 is 5.97 Å². The maximum atomic E-state index is 13.7. The van der Waals surface area contributed by atoms with E-state index in [4.69, 9.17) is 9.47 Å². The Morgan fingerprint density at radius 1 is 0.953 bits per heavy atom. The molecule has 2 aliphatic heterocycles. The molecule has 2 heterocycles. The largest absolute Gasteiger partial charge is 0.490 e. The van der Waals surface area contributed by atoms with E-state index >= 15 is 0 Å². The van der Waals surface area contributed by atoms with Crippen LogP contribution in [0.4, 0.5) is 26.3 Å². The van der Waals surface area contributed by atoms with Gasteiger partial charge in [-0.05, 0) is 124 Å². The molecule has 1 saturated heterocycles. The lowest BCUT2D eigenvalue weighted by atomic mass is 9.82. The van der Waals surface area contributed by atoms with E-state index in [2.05, 4.69) is 18.2 Å². The van der Waals surface area contributed by atoms with Crippen molar-refractivity contribution in [2.75, 3.05) is 20.2 Å². The molecule has 0 N–H and O–H groups in total. The lowest BCUT2D eigenvalue weighted by Crippen LogP contribution is -2.38. The van der Waals surface area contributed by atoms with Crippen LogP contribution in [0.15, 0.2) is 36.4 Å². The third-order valence-electron chi connectivity index (χ3n) is 9.67. The van der Waals surface area contributed by atoms with Crippen LogP contribution in [0.2, 0.25) is 0 Å². The molecule has 0 radical (unpaired) electrons. The highest BCUT2D eigenvalue weighted by Crippen LogP contribution is 2.48. The Morgan fingerprint density at radius 2 is 1.65 bits per heavy atom. The van der Waals surface area contributed by atoms with Crippen molar-refractivity contribution in [3.63, 3.8) is 0 Å². The second-order valence-electron chi connectivity index (χ2n) is 12.5. The number of hydrogen-bond donors (Lipinski definition) is 0. The maximum absolute atomic E-state index is 13.7. The van der Waals surface area contributed by atoms with Crippen molar-refractivity contribution in [2.24, 2.45) is 17.8 Å². The second-order valence-corrected chi connectivity index (χ2v) is 12.5. The van der Waals surface area contributed by atoms with Crippen LogP contribution in [0.25, 0.3) is 0 Å². The van der Waals surface area contributed by atoms with Gasteiger partial charge in [0.2, 0.25) is 0 Å². The van der Waals surface area contributed by atoms with Gasteiger partial charge in [0.05, 0.1) is 30.3 Å². The van der Waals surface area contributed by atoms with Gasteiger partial charge in [-0.2, -0.15) is 26.3 Å². The lowest BCUT2D eigenvalue weighted by molar-refractivity contribution is -0.146. The molecule has 0 amide bonds. The Morgan fingerprint density at radius 3 is 2.26 bits per heavy atom. The highest BCUT2D eigenvalue weighted by atomic mass is 19.4. The first-order chi connectivity index (χ1) is 20.3. The number of methoxy groups -OCH3 is 1. The van der Waals surface area contributed by atoms with Crippen LogP contribution < -0.4 is 4.74 Å². The van der Waals surface area contributed by atoms with Gasteiger partial charge in [-0.15, -0.1) is 0 Å². The number of benzene rings is 2. The van der Waals surface area contributed by atoms with Gasteiger partial charge in [0, 0.05) is 6.04 Å². The van der Waals surface area contributed by atoms with E-state index in [9.17, 15) is 31.1 Å². The minimum Gasteiger partial charge on any atom is -0.490 e. The monoisotopic (exact) mass is 611 g/mol. The Labute approximate surface area is 248 Å². The number of esters is 1. The van der Waals surface area contributed by atoms with E-state index in [0.717, 1.165) is 61.8 Å². The molecule has 3 unspecified atom stereocenters. The average molecular weight is 612 g/mol. The number of aryl methyl sites for hydroxylation is 1. The predicted octanol–water partition coefficient (Wildman–Crippen LogP) is 8.58. The summed E-state index contributed by atoms with van der Waals surface area (Å²) in [6, 6.07) is 7.20. The summed E-state index contributed by atoms with van der Waals surface area (Å²) in [6.45, 7) is 4.48. The number of halogens is 6. The lowest BCUT2D eigenvalue weighted by Gasteiger charge is -2.38. The van der Waals surface area contributed by atoms with Crippen molar-refractivity contribution in [1.82, 2.24) is 4.90 Å². The number of carbonyl (C=O) groups excluding carboxylic acids is 1. The number of rotatable bonds is 8. The summed E-state index contributed by atoms with van der Waals surface area (Å²) in [5.74, 6) is 1.25. The Bertz CT molecular complexity index is 1300. The minimum atomic E-state index is -4.74. The average Bonchev–Trinajstić information content (AvgIpc) is 3.80. The summed E-state index contributed by atoms with van der Waals surface area (Å²) in [4.78, 5) is 14.2. The number of hydrogen-bond acceptors (Lipinski definition) is 4. The molecule has 1 saturated carbocycles. The summed E-state index contributed by atoms with van der Waals surface area (Å²) >= 11 is 0. The SMILES string of the molecule is COC(=O)C(C)C(c1ccc2c(c1)OC(CC1CCN([C@H](C)c3cc(C(F)(F)F)ccc3C(F)(F)F)CC1)CC2)C1CC1. The van der Waals surface area contributed by atoms with Gasteiger partial charge in [0.1, 0.15) is 5.75 Å². The molecule has 4 nitrogen and oxygen atoms in total. The molecule has 10 heteroatoms. The fourth-order valence-corrected chi connectivity index (χ4v) is 7.06. The third kappa shape index (κ3) is 7.15. The smallest absolute Gasteiger partial charge is 0.416 e. The Hall–Kier alpha value is -2.75. The summed E-state index contributed by atoms with van der Waals surface area (Å²) in [5.41, 5.74) is -0.192. The van der Waals surface area contributed by atoms with Gasteiger partial charge in [0.15, 0.2) is 0 Å². The van der Waals surface area contributed by atoms with Crippen LogP contribution in [0, 0.1) is 17.8 Å². The molecule has 0 bridgehead atoms. The number of nitrogens with zero attached hydrogens (tertiary/aromatic N) is 1. The first-order valence-electron chi connectivity index (χ1n) is 15.2. The van der Waals surface area contributed by atoms with Gasteiger partial charge in [-0.25, -0.2) is 0 Å². The number of likely N-dealkylation sites (tertiary alicyclic amines) is 1. The number of alkyl halides is 6. The maximum Gasteiger partial charge on any atom is 0.416 e. The molecular formula is C33H39F6NO3. The number of fused-ring (bicyclic) bond motifs is 1. The molecule has 236 valence electrons. The van der Waals surface area contributed by atoms with Crippen molar-refractivity contribution in [2.45, 2.75) is 89.2 Å². The fraction of sp³-hybridized carbons (Fsp3) is 0.606. The first-order valence-corrected chi connectivity index (χ1v) is 15.2. The summed E-state index contributed by atoms with van der Waals surface area (Å²) in [6.07, 6.45) is -3.23. The molecule has 2 fully saturated rings. The van der Waals surface area contributed by atoms with Crippen LogP contribution in [0.1, 0.15) is 92.1 Å². The van der Waals surface area contributed by atoms with Crippen molar-refractivity contribution < 1.29 is 40.6 Å². The highest BCUT2D eigenvalue weighted by molar-refractivity contribution is 5.73. The van der Waals surface area contributed by atoms with Gasteiger partial charge < -0.3 is 9.47 Å². The third-order valence-corrected chi connectivity index (χ3v) is 9.67. The molecule has 1 aliphatic carbocycles.